The SMILES string of the molecule is Fc1ccc(OC(F)(F)c2c(F)cc(-c3cccc(F)c3)cc2F)cc1. The van der Waals surface area contributed by atoms with Crippen LogP contribution in [0.2, 0.25) is 0 Å². The standard InChI is InChI=1S/C19H10F6O/c20-13-4-6-15(7-5-13)26-19(24,25)18-16(22)9-12(10-17(18)23)11-2-1-3-14(21)8-11/h1-10H. The van der Waals surface area contributed by atoms with Crippen molar-refractivity contribution in [2.75, 3.05) is 0 Å². The molecule has 0 atom stereocenters. The molecule has 0 N–H and O–H groups in total. The fourth-order valence-electron chi connectivity index (χ4n) is 2.39. The first kappa shape index (κ1) is 17.8. The van der Waals surface area contributed by atoms with E-state index in [4.69, 9.17) is 0 Å². The monoisotopic (exact) mass is 368 g/mol. The highest BCUT2D eigenvalue weighted by Gasteiger charge is 2.41. The molecule has 0 amide bonds. The lowest BCUT2D eigenvalue weighted by Crippen LogP contribution is -2.25. The van der Waals surface area contributed by atoms with Gasteiger partial charge in [0.2, 0.25) is 0 Å². The van der Waals surface area contributed by atoms with Gasteiger partial charge in [-0.2, -0.15) is 8.78 Å². The number of hydrogen-bond acceptors (Lipinski definition) is 1. The average molecular weight is 368 g/mol. The molecule has 7 heteroatoms. The molecule has 0 saturated heterocycles. The van der Waals surface area contributed by atoms with Crippen molar-refractivity contribution in [1.29, 1.82) is 0 Å². The van der Waals surface area contributed by atoms with Crippen LogP contribution in [0.1, 0.15) is 5.56 Å². The molecule has 0 unspecified atom stereocenters. The Morgan fingerprint density at radius 3 is 1.85 bits per heavy atom. The molecule has 0 bridgehead atoms. The van der Waals surface area contributed by atoms with Crippen LogP contribution in [0.15, 0.2) is 60.7 Å². The Bertz CT molecular complexity index is 914. The zero-order valence-corrected chi connectivity index (χ0v) is 12.9. The van der Waals surface area contributed by atoms with E-state index in [0.29, 0.717) is 12.1 Å². The van der Waals surface area contributed by atoms with Crippen molar-refractivity contribution in [2.45, 2.75) is 6.11 Å². The van der Waals surface area contributed by atoms with E-state index in [1.165, 1.54) is 12.1 Å². The largest absolute Gasteiger partial charge is 0.432 e. The molecular formula is C19H10F6O. The van der Waals surface area contributed by atoms with Crippen molar-refractivity contribution in [3.8, 4) is 16.9 Å². The van der Waals surface area contributed by atoms with Crippen LogP contribution < -0.4 is 4.74 Å². The second kappa shape index (κ2) is 6.74. The summed E-state index contributed by atoms with van der Waals surface area (Å²) in [6, 6.07) is 9.71. The number of halogens is 6. The van der Waals surface area contributed by atoms with Gasteiger partial charge in [-0.1, -0.05) is 12.1 Å². The summed E-state index contributed by atoms with van der Waals surface area (Å²) in [6.07, 6.45) is -4.34. The molecule has 134 valence electrons. The minimum atomic E-state index is -4.34. The van der Waals surface area contributed by atoms with Crippen LogP contribution in [0.25, 0.3) is 11.1 Å². The van der Waals surface area contributed by atoms with E-state index in [1.807, 2.05) is 0 Å². The molecule has 1 nitrogen and oxygen atoms in total. The summed E-state index contributed by atoms with van der Waals surface area (Å²) in [6.45, 7) is 0. The predicted octanol–water partition coefficient (Wildman–Crippen LogP) is 6.04. The number of hydrogen-bond donors (Lipinski definition) is 0. The summed E-state index contributed by atoms with van der Waals surface area (Å²) >= 11 is 0. The van der Waals surface area contributed by atoms with E-state index in [2.05, 4.69) is 4.74 Å². The Morgan fingerprint density at radius 1 is 0.654 bits per heavy atom. The normalized spacial score (nSPS) is 11.5. The number of benzene rings is 3. The molecular weight excluding hydrogens is 358 g/mol. The molecule has 3 rings (SSSR count). The van der Waals surface area contributed by atoms with Crippen LogP contribution in [0.3, 0.4) is 0 Å². The van der Waals surface area contributed by atoms with Crippen LogP contribution in [0.5, 0.6) is 5.75 Å². The highest BCUT2D eigenvalue weighted by molar-refractivity contribution is 5.64. The molecule has 0 aliphatic rings. The van der Waals surface area contributed by atoms with Gasteiger partial charge in [-0.05, 0) is 59.7 Å². The molecule has 0 spiro atoms. The Kier molecular flexibility index (Phi) is 4.63. The first-order valence-electron chi connectivity index (χ1n) is 7.34. The lowest BCUT2D eigenvalue weighted by molar-refractivity contribution is -0.189. The van der Waals surface area contributed by atoms with Crippen molar-refractivity contribution < 1.29 is 31.1 Å². The molecule has 0 fully saturated rings. The molecule has 0 heterocycles. The minimum absolute atomic E-state index is 0.110. The summed E-state index contributed by atoms with van der Waals surface area (Å²) in [7, 11) is 0. The number of ether oxygens (including phenoxy) is 1. The molecule has 0 aliphatic carbocycles. The average Bonchev–Trinajstić information content (AvgIpc) is 2.56. The Hall–Kier alpha value is -2.96. The molecule has 0 saturated carbocycles. The molecule has 0 aliphatic heterocycles. The van der Waals surface area contributed by atoms with Gasteiger partial charge in [-0.25, -0.2) is 17.6 Å². The summed E-state index contributed by atoms with van der Waals surface area (Å²) in [5.74, 6) is -4.91. The molecule has 0 radical (unpaired) electrons. The van der Waals surface area contributed by atoms with E-state index in [0.717, 1.165) is 36.4 Å². The Labute approximate surface area is 144 Å². The molecule has 3 aromatic rings. The summed E-state index contributed by atoms with van der Waals surface area (Å²) < 4.78 is 87.2. The highest BCUT2D eigenvalue weighted by atomic mass is 19.3. The van der Waals surface area contributed by atoms with Gasteiger partial charge in [0.05, 0.1) is 0 Å². The Balaban J connectivity index is 1.98. The van der Waals surface area contributed by atoms with Crippen molar-refractivity contribution in [3.63, 3.8) is 0 Å². The second-order valence-electron chi connectivity index (χ2n) is 5.40. The van der Waals surface area contributed by atoms with Crippen LogP contribution in [0.4, 0.5) is 26.3 Å². The fourth-order valence-corrected chi connectivity index (χ4v) is 2.39. The van der Waals surface area contributed by atoms with Gasteiger partial charge in [0.1, 0.15) is 34.6 Å². The zero-order chi connectivity index (χ0) is 18.9. The molecule has 26 heavy (non-hydrogen) atoms. The van der Waals surface area contributed by atoms with Gasteiger partial charge in [0.15, 0.2) is 0 Å². The summed E-state index contributed by atoms with van der Waals surface area (Å²) in [5.41, 5.74) is -1.58. The maximum absolute atomic E-state index is 14.2. The first-order valence-corrected chi connectivity index (χ1v) is 7.34. The third-order valence-electron chi connectivity index (χ3n) is 3.55. The van der Waals surface area contributed by atoms with E-state index in [9.17, 15) is 26.3 Å². The van der Waals surface area contributed by atoms with Gasteiger partial charge in [-0.15, -0.1) is 0 Å². The topological polar surface area (TPSA) is 9.23 Å². The maximum Gasteiger partial charge on any atom is 0.432 e. The quantitative estimate of drug-likeness (QED) is 0.510. The lowest BCUT2D eigenvalue weighted by atomic mass is 10.0. The van der Waals surface area contributed by atoms with Crippen LogP contribution in [0, 0.1) is 23.3 Å². The first-order chi connectivity index (χ1) is 12.3. The maximum atomic E-state index is 14.2. The van der Waals surface area contributed by atoms with Gasteiger partial charge < -0.3 is 4.74 Å². The zero-order valence-electron chi connectivity index (χ0n) is 12.9. The van der Waals surface area contributed by atoms with Gasteiger partial charge >= 0.3 is 6.11 Å². The fraction of sp³-hybridized carbons (Fsp3) is 0.0526. The van der Waals surface area contributed by atoms with E-state index < -0.39 is 40.7 Å². The van der Waals surface area contributed by atoms with Crippen molar-refractivity contribution in [2.24, 2.45) is 0 Å². The molecule has 3 aromatic carbocycles. The van der Waals surface area contributed by atoms with Crippen molar-refractivity contribution in [1.82, 2.24) is 0 Å². The number of rotatable bonds is 4. The van der Waals surface area contributed by atoms with Gasteiger partial charge in [0.25, 0.3) is 0 Å². The van der Waals surface area contributed by atoms with Crippen LogP contribution in [-0.4, -0.2) is 0 Å². The predicted molar refractivity (Wildman–Crippen MR) is 82.7 cm³/mol. The summed E-state index contributed by atoms with van der Waals surface area (Å²) in [4.78, 5) is 0. The van der Waals surface area contributed by atoms with E-state index in [1.54, 1.807) is 0 Å². The van der Waals surface area contributed by atoms with Gasteiger partial charge in [0, 0.05) is 0 Å². The number of alkyl halides is 2. The lowest BCUT2D eigenvalue weighted by Gasteiger charge is -2.20. The third-order valence-corrected chi connectivity index (χ3v) is 3.55. The van der Waals surface area contributed by atoms with Crippen LogP contribution >= 0.6 is 0 Å². The highest BCUT2D eigenvalue weighted by Crippen LogP contribution is 2.37. The van der Waals surface area contributed by atoms with Crippen LogP contribution in [-0.2, 0) is 6.11 Å². The van der Waals surface area contributed by atoms with E-state index in [-0.39, 0.29) is 11.1 Å². The minimum Gasteiger partial charge on any atom is -0.429 e. The summed E-state index contributed by atoms with van der Waals surface area (Å²) in [5, 5.41) is 0. The van der Waals surface area contributed by atoms with Crippen molar-refractivity contribution >= 4 is 0 Å². The third kappa shape index (κ3) is 3.66. The smallest absolute Gasteiger partial charge is 0.429 e. The van der Waals surface area contributed by atoms with E-state index >= 15 is 0 Å². The Morgan fingerprint density at radius 2 is 1.27 bits per heavy atom. The van der Waals surface area contributed by atoms with Gasteiger partial charge in [-0.3, -0.25) is 0 Å². The second-order valence-corrected chi connectivity index (χ2v) is 5.40. The van der Waals surface area contributed by atoms with Crippen molar-refractivity contribution in [3.05, 3.63) is 89.5 Å². The molecule has 0 aromatic heterocycles.